The van der Waals surface area contributed by atoms with Gasteiger partial charge >= 0.3 is 12.1 Å². The molecule has 2 N–H and O–H groups in total. The first-order valence-corrected chi connectivity index (χ1v) is 9.88. The van der Waals surface area contributed by atoms with E-state index < -0.39 is 23.7 Å². The minimum absolute atomic E-state index is 0.172. The Hall–Kier alpha value is -3.32. The number of carbonyl (C=O) groups is 2. The largest absolute Gasteiger partial charge is 0.463 e. The highest BCUT2D eigenvalue weighted by atomic mass is 16.6. The summed E-state index contributed by atoms with van der Waals surface area (Å²) in [5, 5.41) is 12.9. The molecule has 7 heteroatoms. The molecule has 1 heterocycles. The first kappa shape index (κ1) is 21.4. The van der Waals surface area contributed by atoms with Crippen LogP contribution in [0, 0.1) is 0 Å². The molecule has 158 valence electrons. The standard InChI is InChI=1S/C23H26N2O5/c1-4-29-20(26)19-16(3)25(24-22(28)30-5-2)21(27)23(19,17-12-8-6-9-13-17)18-14-10-7-11-15-18/h6-15,21,27H,4-5H2,1-3H3,(H,24,28)/t21-/m1/s1. The van der Waals surface area contributed by atoms with Crippen LogP contribution < -0.4 is 5.43 Å². The third-order valence-electron chi connectivity index (χ3n) is 5.17. The maximum Gasteiger partial charge on any atom is 0.426 e. The summed E-state index contributed by atoms with van der Waals surface area (Å²) in [6.07, 6.45) is -2.04. The molecule has 0 aromatic heterocycles. The second-order valence-corrected chi connectivity index (χ2v) is 6.80. The van der Waals surface area contributed by atoms with Crippen LogP contribution in [-0.4, -0.2) is 41.6 Å². The van der Waals surface area contributed by atoms with Crippen molar-refractivity contribution < 1.29 is 24.2 Å². The van der Waals surface area contributed by atoms with E-state index in [0.29, 0.717) is 16.8 Å². The molecule has 0 aliphatic carbocycles. The minimum atomic E-state index is -1.31. The number of hydrazine groups is 1. The van der Waals surface area contributed by atoms with Gasteiger partial charge in [-0.1, -0.05) is 60.7 Å². The van der Waals surface area contributed by atoms with Gasteiger partial charge in [-0.25, -0.2) is 15.0 Å². The molecule has 2 aromatic rings. The summed E-state index contributed by atoms with van der Waals surface area (Å²) in [5.41, 5.74) is 3.30. The van der Waals surface area contributed by atoms with Crippen molar-refractivity contribution in [2.24, 2.45) is 0 Å². The molecule has 0 spiro atoms. The average molecular weight is 410 g/mol. The van der Waals surface area contributed by atoms with E-state index in [-0.39, 0.29) is 18.8 Å². The van der Waals surface area contributed by atoms with Crippen LogP contribution >= 0.6 is 0 Å². The molecular weight excluding hydrogens is 384 g/mol. The highest BCUT2D eigenvalue weighted by Gasteiger charge is 2.57. The Morgan fingerprint density at radius 1 is 0.967 bits per heavy atom. The molecule has 7 nitrogen and oxygen atoms in total. The molecule has 1 aliphatic rings. The fourth-order valence-corrected chi connectivity index (χ4v) is 3.99. The second-order valence-electron chi connectivity index (χ2n) is 6.80. The molecular formula is C23H26N2O5. The zero-order chi connectivity index (χ0) is 21.7. The van der Waals surface area contributed by atoms with Crippen molar-refractivity contribution >= 4 is 12.1 Å². The van der Waals surface area contributed by atoms with Crippen LogP contribution in [-0.2, 0) is 19.7 Å². The van der Waals surface area contributed by atoms with E-state index in [9.17, 15) is 14.7 Å². The average Bonchev–Trinajstić information content (AvgIpc) is 2.97. The number of hydrogen-bond acceptors (Lipinski definition) is 6. The van der Waals surface area contributed by atoms with Gasteiger partial charge in [-0.3, -0.25) is 5.01 Å². The summed E-state index contributed by atoms with van der Waals surface area (Å²) in [7, 11) is 0. The molecule has 30 heavy (non-hydrogen) atoms. The zero-order valence-electron chi connectivity index (χ0n) is 17.3. The van der Waals surface area contributed by atoms with Crippen molar-refractivity contribution in [1.82, 2.24) is 10.4 Å². The lowest BCUT2D eigenvalue weighted by molar-refractivity contribution is -0.139. The second kappa shape index (κ2) is 9.00. The van der Waals surface area contributed by atoms with E-state index in [1.165, 1.54) is 5.01 Å². The predicted molar refractivity (Wildman–Crippen MR) is 111 cm³/mol. The Bertz CT molecular complexity index is 888. The third kappa shape index (κ3) is 3.52. The van der Waals surface area contributed by atoms with Gasteiger partial charge in [0.1, 0.15) is 5.41 Å². The number of nitrogens with zero attached hydrogens (tertiary/aromatic N) is 1. The van der Waals surface area contributed by atoms with Crippen molar-refractivity contribution in [2.45, 2.75) is 32.4 Å². The number of ether oxygens (including phenoxy) is 2. The van der Waals surface area contributed by atoms with Gasteiger partial charge in [-0.05, 0) is 31.9 Å². The Morgan fingerprint density at radius 3 is 1.93 bits per heavy atom. The van der Waals surface area contributed by atoms with Gasteiger partial charge in [0.05, 0.1) is 18.8 Å². The number of amides is 1. The number of carbonyl (C=O) groups excluding carboxylic acids is 2. The van der Waals surface area contributed by atoms with Crippen LogP contribution in [0.3, 0.4) is 0 Å². The Labute approximate surface area is 175 Å². The van der Waals surface area contributed by atoms with Gasteiger partial charge in [0.2, 0.25) is 0 Å². The van der Waals surface area contributed by atoms with Crippen molar-refractivity contribution in [3.05, 3.63) is 83.1 Å². The molecule has 0 saturated carbocycles. The maximum absolute atomic E-state index is 13.2. The predicted octanol–water partition coefficient (Wildman–Crippen LogP) is 3.10. The van der Waals surface area contributed by atoms with Crippen LogP contribution in [0.25, 0.3) is 0 Å². The molecule has 0 fully saturated rings. The molecule has 0 bridgehead atoms. The molecule has 0 saturated heterocycles. The summed E-state index contributed by atoms with van der Waals surface area (Å²) in [6, 6.07) is 18.5. The monoisotopic (exact) mass is 410 g/mol. The maximum atomic E-state index is 13.2. The number of benzene rings is 2. The van der Waals surface area contributed by atoms with Gasteiger partial charge in [0, 0.05) is 5.70 Å². The fourth-order valence-electron chi connectivity index (χ4n) is 3.99. The highest BCUT2D eigenvalue weighted by Crippen LogP contribution is 2.50. The number of hydrogen-bond donors (Lipinski definition) is 2. The van der Waals surface area contributed by atoms with E-state index in [1.807, 2.05) is 60.7 Å². The summed E-state index contributed by atoms with van der Waals surface area (Å²) in [4.78, 5) is 25.3. The third-order valence-corrected chi connectivity index (χ3v) is 5.17. The van der Waals surface area contributed by atoms with E-state index in [1.54, 1.807) is 20.8 Å². The van der Waals surface area contributed by atoms with Crippen molar-refractivity contribution in [2.75, 3.05) is 13.2 Å². The smallest absolute Gasteiger partial charge is 0.426 e. The summed E-state index contributed by atoms with van der Waals surface area (Å²) in [5.74, 6) is -0.560. The van der Waals surface area contributed by atoms with Crippen molar-refractivity contribution in [3.8, 4) is 0 Å². The zero-order valence-corrected chi connectivity index (χ0v) is 17.3. The van der Waals surface area contributed by atoms with Crippen LogP contribution in [0.5, 0.6) is 0 Å². The minimum Gasteiger partial charge on any atom is -0.463 e. The molecule has 2 aromatic carbocycles. The van der Waals surface area contributed by atoms with Crippen molar-refractivity contribution in [1.29, 1.82) is 0 Å². The topological polar surface area (TPSA) is 88.1 Å². The van der Waals surface area contributed by atoms with Gasteiger partial charge in [0.15, 0.2) is 6.23 Å². The fraction of sp³-hybridized carbons (Fsp3) is 0.304. The van der Waals surface area contributed by atoms with Crippen LogP contribution in [0.15, 0.2) is 71.9 Å². The van der Waals surface area contributed by atoms with Gasteiger partial charge in [0.25, 0.3) is 0 Å². The van der Waals surface area contributed by atoms with Gasteiger partial charge in [-0.15, -0.1) is 0 Å². The first-order chi connectivity index (χ1) is 14.5. The molecule has 0 unspecified atom stereocenters. The lowest BCUT2D eigenvalue weighted by Gasteiger charge is -2.38. The number of aliphatic hydroxyl groups excluding tert-OH is 1. The van der Waals surface area contributed by atoms with E-state index >= 15 is 0 Å². The summed E-state index contributed by atoms with van der Waals surface area (Å²) >= 11 is 0. The lowest BCUT2D eigenvalue weighted by atomic mass is 9.69. The van der Waals surface area contributed by atoms with Crippen LogP contribution in [0.2, 0.25) is 0 Å². The van der Waals surface area contributed by atoms with E-state index in [0.717, 1.165) is 0 Å². The molecule has 0 radical (unpaired) electrons. The highest BCUT2D eigenvalue weighted by molar-refractivity contribution is 5.95. The van der Waals surface area contributed by atoms with Gasteiger partial charge in [-0.2, -0.15) is 0 Å². The summed E-state index contributed by atoms with van der Waals surface area (Å²) in [6.45, 7) is 5.42. The van der Waals surface area contributed by atoms with E-state index in [4.69, 9.17) is 9.47 Å². The summed E-state index contributed by atoms with van der Waals surface area (Å²) < 4.78 is 10.3. The van der Waals surface area contributed by atoms with Crippen molar-refractivity contribution in [3.63, 3.8) is 0 Å². The SMILES string of the molecule is CCOC(=O)NN1C(C)=C(C(=O)OCC)C(c2ccccc2)(c2ccccc2)[C@H]1O. The lowest BCUT2D eigenvalue weighted by Crippen LogP contribution is -2.52. The Morgan fingerprint density at radius 2 is 1.47 bits per heavy atom. The number of aliphatic hydroxyl groups is 1. The van der Waals surface area contributed by atoms with Gasteiger partial charge < -0.3 is 14.6 Å². The van der Waals surface area contributed by atoms with Crippen LogP contribution in [0.1, 0.15) is 31.9 Å². The first-order valence-electron chi connectivity index (χ1n) is 9.88. The quantitative estimate of drug-likeness (QED) is 0.712. The Kier molecular flexibility index (Phi) is 6.42. The molecule has 1 amide bonds. The number of esters is 1. The van der Waals surface area contributed by atoms with E-state index in [2.05, 4.69) is 5.43 Å². The normalized spacial score (nSPS) is 17.6. The Balaban J connectivity index is 2.27. The molecule has 1 atom stereocenters. The molecule has 3 rings (SSSR count). The number of allylic oxidation sites excluding steroid dienone is 1. The molecule has 1 aliphatic heterocycles. The number of rotatable bonds is 6. The number of nitrogens with one attached hydrogen (secondary N) is 1. The van der Waals surface area contributed by atoms with Crippen LogP contribution in [0.4, 0.5) is 4.79 Å².